The van der Waals surface area contributed by atoms with E-state index < -0.39 is 0 Å². The van der Waals surface area contributed by atoms with Crippen molar-refractivity contribution in [2.24, 2.45) is 4.99 Å². The zero-order valence-electron chi connectivity index (χ0n) is 35.8. The Morgan fingerprint density at radius 1 is 0.364 bits per heavy atom. The zero-order valence-corrected chi connectivity index (χ0v) is 35.8. The molecule has 3 heterocycles. The Morgan fingerprint density at radius 2 is 1.00 bits per heavy atom. The van der Waals surface area contributed by atoms with Gasteiger partial charge in [0.05, 0.1) is 0 Å². The Labute approximate surface area is 381 Å². The van der Waals surface area contributed by atoms with Gasteiger partial charge in [-0.3, -0.25) is 5.32 Å². The number of fused-ring (bicyclic) bond motifs is 7. The fraction of sp³-hybridized carbons (Fsp3) is 0.0328. The van der Waals surface area contributed by atoms with Gasteiger partial charge in [0.15, 0.2) is 0 Å². The lowest BCUT2D eigenvalue weighted by molar-refractivity contribution is 0.409. The SMILES string of the molecule is c1ccc(-c2cc(-c3ccccc3)cc(-c3ccc(-c4cccc(C5NC(c6ccc7ccccc7c6)=NC(c6ccc7oc8ccccc8c7c6)N5)c4)c4c3oc3ccccc34)c2)cc1. The van der Waals surface area contributed by atoms with Crippen molar-refractivity contribution in [1.29, 1.82) is 0 Å². The molecule has 0 bridgehead atoms. The van der Waals surface area contributed by atoms with E-state index in [4.69, 9.17) is 13.8 Å². The van der Waals surface area contributed by atoms with Crippen LogP contribution in [0.5, 0.6) is 0 Å². The monoisotopic (exact) mass is 847 g/mol. The van der Waals surface area contributed by atoms with Crippen LogP contribution in [-0.4, -0.2) is 5.84 Å². The topological polar surface area (TPSA) is 62.7 Å². The quantitative estimate of drug-likeness (QED) is 0.168. The third kappa shape index (κ3) is 6.64. The normalized spacial score (nSPS) is 15.1. The number of rotatable bonds is 7. The molecule has 0 saturated heterocycles. The number of aliphatic imine (C=N–C) groups is 1. The third-order valence-electron chi connectivity index (χ3n) is 13.1. The second-order valence-electron chi connectivity index (χ2n) is 17.2. The first-order valence-electron chi connectivity index (χ1n) is 22.5. The van der Waals surface area contributed by atoms with Crippen LogP contribution in [0, 0.1) is 0 Å². The van der Waals surface area contributed by atoms with E-state index in [2.05, 4.69) is 217 Å². The molecule has 2 aromatic heterocycles. The maximum atomic E-state index is 6.90. The van der Waals surface area contributed by atoms with Gasteiger partial charge in [0, 0.05) is 32.7 Å². The summed E-state index contributed by atoms with van der Waals surface area (Å²) >= 11 is 0. The first kappa shape index (κ1) is 38.0. The van der Waals surface area contributed by atoms with E-state index in [0.717, 1.165) is 99.8 Å². The van der Waals surface area contributed by atoms with Crippen molar-refractivity contribution in [3.8, 4) is 44.5 Å². The molecule has 0 fully saturated rings. The van der Waals surface area contributed by atoms with Crippen LogP contribution >= 0.6 is 0 Å². The van der Waals surface area contributed by atoms with E-state index in [0.29, 0.717) is 0 Å². The molecule has 5 nitrogen and oxygen atoms in total. The average Bonchev–Trinajstić information content (AvgIpc) is 3.97. The van der Waals surface area contributed by atoms with Gasteiger partial charge in [0.1, 0.15) is 40.5 Å². The molecular weight excluding hydrogens is 807 g/mol. The predicted molar refractivity (Wildman–Crippen MR) is 271 cm³/mol. The molecule has 312 valence electrons. The highest BCUT2D eigenvalue weighted by Gasteiger charge is 2.27. The highest BCUT2D eigenvalue weighted by atomic mass is 16.3. The largest absolute Gasteiger partial charge is 0.456 e. The zero-order chi connectivity index (χ0) is 43.6. The lowest BCUT2D eigenvalue weighted by Crippen LogP contribution is -2.45. The number of para-hydroxylation sites is 2. The number of hydrogen-bond acceptors (Lipinski definition) is 5. The van der Waals surface area contributed by atoms with Crippen molar-refractivity contribution in [2.45, 2.75) is 12.3 Å². The molecule has 2 N–H and O–H groups in total. The molecular formula is C61H41N3O2. The van der Waals surface area contributed by atoms with E-state index in [1.807, 2.05) is 18.2 Å². The van der Waals surface area contributed by atoms with Crippen molar-refractivity contribution >= 4 is 60.5 Å². The van der Waals surface area contributed by atoms with Gasteiger partial charge in [-0.15, -0.1) is 0 Å². The van der Waals surface area contributed by atoms with Gasteiger partial charge in [0.2, 0.25) is 0 Å². The van der Waals surface area contributed by atoms with Crippen LogP contribution in [0.15, 0.2) is 238 Å². The Kier molecular flexibility index (Phi) is 9.00. The van der Waals surface area contributed by atoms with E-state index in [1.165, 1.54) is 21.9 Å². The standard InChI is InChI=1S/C61H41N3O2/c1-3-14-38(15-4-1)46-34-47(39-16-5-2-6-17-39)36-48(35-46)50-30-29-49(57-52-23-10-12-25-55(52)66-58(50)57)42-20-13-21-43(33-42)59-62-60(44-27-26-40-18-7-8-19-41(40)32-44)64-61(63-59)45-28-31-56-53(37-45)51-22-9-11-24-54(51)65-56/h1-37,59,61,63H,(H,62,64). The fourth-order valence-corrected chi connectivity index (χ4v) is 9.86. The fourth-order valence-electron chi connectivity index (χ4n) is 9.86. The van der Waals surface area contributed by atoms with Gasteiger partial charge < -0.3 is 14.2 Å². The molecule has 66 heavy (non-hydrogen) atoms. The van der Waals surface area contributed by atoms with Crippen LogP contribution in [-0.2, 0) is 0 Å². The van der Waals surface area contributed by atoms with Crippen molar-refractivity contribution in [3.05, 3.63) is 241 Å². The molecule has 12 aromatic rings. The second kappa shape index (κ2) is 15.6. The summed E-state index contributed by atoms with van der Waals surface area (Å²) in [7, 11) is 0. The summed E-state index contributed by atoms with van der Waals surface area (Å²) < 4.78 is 13.1. The van der Waals surface area contributed by atoms with Crippen molar-refractivity contribution < 1.29 is 8.83 Å². The van der Waals surface area contributed by atoms with E-state index in [9.17, 15) is 0 Å². The molecule has 0 aliphatic carbocycles. The summed E-state index contributed by atoms with van der Waals surface area (Å²) in [5.41, 5.74) is 15.7. The molecule has 5 heteroatoms. The molecule has 0 radical (unpaired) electrons. The van der Waals surface area contributed by atoms with Crippen LogP contribution in [0.1, 0.15) is 29.0 Å². The van der Waals surface area contributed by atoms with Crippen molar-refractivity contribution in [3.63, 3.8) is 0 Å². The van der Waals surface area contributed by atoms with Crippen LogP contribution in [0.3, 0.4) is 0 Å². The van der Waals surface area contributed by atoms with Gasteiger partial charge in [-0.1, -0.05) is 164 Å². The van der Waals surface area contributed by atoms with Gasteiger partial charge in [0.25, 0.3) is 0 Å². The molecule has 1 aliphatic rings. The summed E-state index contributed by atoms with van der Waals surface area (Å²) in [5, 5.41) is 14.4. The highest BCUT2D eigenvalue weighted by molar-refractivity contribution is 6.16. The summed E-state index contributed by atoms with van der Waals surface area (Å²) in [4.78, 5) is 5.37. The molecule has 0 spiro atoms. The number of benzene rings is 10. The van der Waals surface area contributed by atoms with Gasteiger partial charge >= 0.3 is 0 Å². The highest BCUT2D eigenvalue weighted by Crippen LogP contribution is 2.44. The van der Waals surface area contributed by atoms with Gasteiger partial charge in [-0.25, -0.2) is 4.99 Å². The molecule has 1 aliphatic heterocycles. The molecule has 10 aromatic carbocycles. The van der Waals surface area contributed by atoms with Crippen molar-refractivity contribution in [1.82, 2.24) is 10.6 Å². The first-order valence-corrected chi connectivity index (χ1v) is 22.5. The molecule has 13 rings (SSSR count). The van der Waals surface area contributed by atoms with Crippen LogP contribution in [0.4, 0.5) is 0 Å². The molecule has 2 atom stereocenters. The summed E-state index contributed by atoms with van der Waals surface area (Å²) in [6.07, 6.45) is -0.602. The third-order valence-corrected chi connectivity index (χ3v) is 13.1. The number of nitrogens with one attached hydrogen (secondary N) is 2. The number of furan rings is 2. The molecule has 0 saturated carbocycles. The summed E-state index contributed by atoms with van der Waals surface area (Å²) in [5.74, 6) is 0.831. The van der Waals surface area contributed by atoms with Crippen LogP contribution in [0.2, 0.25) is 0 Å². The van der Waals surface area contributed by atoms with Crippen molar-refractivity contribution in [2.75, 3.05) is 0 Å². The summed E-state index contributed by atoms with van der Waals surface area (Å²) in [6.45, 7) is 0. The number of amidine groups is 1. The molecule has 2 unspecified atom stereocenters. The predicted octanol–water partition coefficient (Wildman–Crippen LogP) is 15.6. The minimum atomic E-state index is -0.337. The Balaban J connectivity index is 0.935. The number of hydrogen-bond donors (Lipinski definition) is 2. The maximum Gasteiger partial charge on any atom is 0.143 e. The van der Waals surface area contributed by atoms with Crippen LogP contribution in [0.25, 0.3) is 99.2 Å². The van der Waals surface area contributed by atoms with E-state index in [-0.39, 0.29) is 12.3 Å². The number of nitrogens with zero attached hydrogens (tertiary/aromatic N) is 1. The molecule has 0 amide bonds. The lowest BCUT2D eigenvalue weighted by atomic mass is 9.90. The Bertz CT molecular complexity index is 3790. The smallest absolute Gasteiger partial charge is 0.143 e. The minimum Gasteiger partial charge on any atom is -0.456 e. The van der Waals surface area contributed by atoms with Gasteiger partial charge in [-0.05, 0) is 122 Å². The second-order valence-corrected chi connectivity index (χ2v) is 17.2. The summed E-state index contributed by atoms with van der Waals surface area (Å²) in [6, 6.07) is 79.5. The Hall–Kier alpha value is -8.51. The maximum absolute atomic E-state index is 6.90. The average molecular weight is 848 g/mol. The Morgan fingerprint density at radius 3 is 1.79 bits per heavy atom. The van der Waals surface area contributed by atoms with Crippen LogP contribution < -0.4 is 10.6 Å². The van der Waals surface area contributed by atoms with E-state index in [1.54, 1.807) is 0 Å². The van der Waals surface area contributed by atoms with Gasteiger partial charge in [-0.2, -0.15) is 0 Å². The minimum absolute atomic E-state index is 0.265. The first-order chi connectivity index (χ1) is 32.7. The lowest BCUT2D eigenvalue weighted by Gasteiger charge is -2.32. The van der Waals surface area contributed by atoms with E-state index >= 15 is 0 Å².